The zero-order chi connectivity index (χ0) is 16.4. The lowest BCUT2D eigenvalue weighted by atomic mass is 10.1. The Bertz CT molecular complexity index is 696. The molecule has 0 saturated heterocycles. The van der Waals surface area contributed by atoms with Crippen LogP contribution in [0.3, 0.4) is 0 Å². The van der Waals surface area contributed by atoms with Gasteiger partial charge in [-0.2, -0.15) is 0 Å². The summed E-state index contributed by atoms with van der Waals surface area (Å²) in [7, 11) is 0. The molecule has 23 heavy (non-hydrogen) atoms. The number of nitrogens with zero attached hydrogens (tertiary/aromatic N) is 3. The highest BCUT2D eigenvalue weighted by Crippen LogP contribution is 2.32. The second kappa shape index (κ2) is 6.36. The lowest BCUT2D eigenvalue weighted by molar-refractivity contribution is 0.0975. The zero-order valence-corrected chi connectivity index (χ0v) is 13.8. The van der Waals surface area contributed by atoms with Crippen molar-refractivity contribution >= 4 is 17.4 Å². The summed E-state index contributed by atoms with van der Waals surface area (Å²) in [5.41, 5.74) is 2.56. The zero-order valence-electron chi connectivity index (χ0n) is 13.8. The van der Waals surface area contributed by atoms with E-state index in [0.717, 1.165) is 18.7 Å². The van der Waals surface area contributed by atoms with E-state index in [1.807, 2.05) is 29.2 Å². The van der Waals surface area contributed by atoms with Crippen LogP contribution >= 0.6 is 0 Å². The molecular formula is C18H22N4O. The van der Waals surface area contributed by atoms with Crippen LogP contribution in [0.15, 0.2) is 36.4 Å². The molecule has 1 aliphatic heterocycles. The molecule has 1 atom stereocenters. The SMILES string of the molecule is CC(C)CNc1ccc(C(=O)N2c3ccccc3CC2C)nn1. The molecule has 1 aliphatic rings. The number of amides is 1. The first-order valence-electron chi connectivity index (χ1n) is 8.05. The summed E-state index contributed by atoms with van der Waals surface area (Å²) in [5, 5.41) is 11.4. The largest absolute Gasteiger partial charge is 0.368 e. The van der Waals surface area contributed by atoms with E-state index in [9.17, 15) is 4.79 Å². The first-order valence-corrected chi connectivity index (χ1v) is 8.05. The molecule has 2 heterocycles. The molecule has 0 aliphatic carbocycles. The van der Waals surface area contributed by atoms with Gasteiger partial charge in [-0.05, 0) is 43.0 Å². The molecule has 0 saturated carbocycles. The topological polar surface area (TPSA) is 58.1 Å². The van der Waals surface area contributed by atoms with Gasteiger partial charge in [0.1, 0.15) is 5.82 Å². The highest BCUT2D eigenvalue weighted by molar-refractivity contribution is 6.06. The van der Waals surface area contributed by atoms with Crippen LogP contribution in [0.1, 0.15) is 36.8 Å². The van der Waals surface area contributed by atoms with Crippen molar-refractivity contribution in [2.45, 2.75) is 33.2 Å². The minimum Gasteiger partial charge on any atom is -0.368 e. The standard InChI is InChI=1S/C18H22N4O/c1-12(2)11-19-17-9-8-15(20-21-17)18(23)22-13(3)10-14-6-4-5-7-16(14)22/h4-9,12-13H,10-11H2,1-3H3,(H,19,21). The summed E-state index contributed by atoms with van der Waals surface area (Å²) in [6, 6.07) is 11.7. The predicted octanol–water partition coefficient (Wildman–Crippen LogP) is 3.14. The summed E-state index contributed by atoms with van der Waals surface area (Å²) >= 11 is 0. The number of hydrogen-bond acceptors (Lipinski definition) is 4. The van der Waals surface area contributed by atoms with Gasteiger partial charge in [-0.25, -0.2) is 0 Å². The highest BCUT2D eigenvalue weighted by Gasteiger charge is 2.31. The minimum absolute atomic E-state index is 0.0923. The predicted molar refractivity (Wildman–Crippen MR) is 91.8 cm³/mol. The number of nitrogens with one attached hydrogen (secondary N) is 1. The molecule has 3 rings (SSSR count). The third-order valence-corrected chi connectivity index (χ3v) is 4.00. The van der Waals surface area contributed by atoms with E-state index in [0.29, 0.717) is 17.4 Å². The number of anilines is 2. The Balaban J connectivity index is 1.78. The first-order chi connectivity index (χ1) is 11.1. The number of para-hydroxylation sites is 1. The lowest BCUT2D eigenvalue weighted by Gasteiger charge is -2.22. The van der Waals surface area contributed by atoms with E-state index in [-0.39, 0.29) is 11.9 Å². The van der Waals surface area contributed by atoms with Gasteiger partial charge in [0.15, 0.2) is 5.69 Å². The summed E-state index contributed by atoms with van der Waals surface area (Å²) in [5.74, 6) is 1.13. The van der Waals surface area contributed by atoms with Crippen molar-refractivity contribution in [3.05, 3.63) is 47.7 Å². The maximum Gasteiger partial charge on any atom is 0.279 e. The Morgan fingerprint density at radius 3 is 2.74 bits per heavy atom. The molecule has 1 aromatic heterocycles. The Morgan fingerprint density at radius 1 is 1.26 bits per heavy atom. The van der Waals surface area contributed by atoms with Crippen molar-refractivity contribution in [1.29, 1.82) is 0 Å². The fraction of sp³-hybridized carbons (Fsp3) is 0.389. The fourth-order valence-corrected chi connectivity index (χ4v) is 2.85. The smallest absolute Gasteiger partial charge is 0.279 e. The molecule has 0 radical (unpaired) electrons. The maximum absolute atomic E-state index is 12.8. The van der Waals surface area contributed by atoms with Gasteiger partial charge in [-0.15, -0.1) is 10.2 Å². The first kappa shape index (κ1) is 15.5. The monoisotopic (exact) mass is 310 g/mol. The van der Waals surface area contributed by atoms with Gasteiger partial charge in [0.2, 0.25) is 0 Å². The van der Waals surface area contributed by atoms with Crippen molar-refractivity contribution in [2.24, 2.45) is 5.92 Å². The Kier molecular flexibility index (Phi) is 4.28. The van der Waals surface area contributed by atoms with Gasteiger partial charge in [0.25, 0.3) is 5.91 Å². The van der Waals surface area contributed by atoms with Crippen molar-refractivity contribution in [3.63, 3.8) is 0 Å². The van der Waals surface area contributed by atoms with Crippen LogP contribution in [0.2, 0.25) is 0 Å². The van der Waals surface area contributed by atoms with Gasteiger partial charge >= 0.3 is 0 Å². The number of carbonyl (C=O) groups excluding carboxylic acids is 1. The van der Waals surface area contributed by atoms with Crippen molar-refractivity contribution in [3.8, 4) is 0 Å². The molecule has 1 N–H and O–H groups in total. The molecule has 0 fully saturated rings. The van der Waals surface area contributed by atoms with Crippen molar-refractivity contribution in [1.82, 2.24) is 10.2 Å². The molecule has 5 heteroatoms. The number of hydrogen-bond donors (Lipinski definition) is 1. The third kappa shape index (κ3) is 3.18. The maximum atomic E-state index is 12.8. The second-order valence-electron chi connectivity index (χ2n) is 6.44. The third-order valence-electron chi connectivity index (χ3n) is 4.00. The molecule has 0 bridgehead atoms. The van der Waals surface area contributed by atoms with E-state index >= 15 is 0 Å². The Labute approximate surface area is 136 Å². The lowest BCUT2D eigenvalue weighted by Crippen LogP contribution is -2.36. The molecule has 5 nitrogen and oxygen atoms in total. The van der Waals surface area contributed by atoms with Gasteiger partial charge in [-0.3, -0.25) is 4.79 Å². The van der Waals surface area contributed by atoms with Crippen LogP contribution < -0.4 is 10.2 Å². The van der Waals surface area contributed by atoms with Gasteiger partial charge in [0.05, 0.1) is 0 Å². The van der Waals surface area contributed by atoms with E-state index < -0.39 is 0 Å². The number of aromatic nitrogens is 2. The van der Waals surface area contributed by atoms with Gasteiger partial charge < -0.3 is 10.2 Å². The van der Waals surface area contributed by atoms with E-state index in [1.54, 1.807) is 6.07 Å². The van der Waals surface area contributed by atoms with Crippen LogP contribution in [0.4, 0.5) is 11.5 Å². The average molecular weight is 310 g/mol. The van der Waals surface area contributed by atoms with Gasteiger partial charge in [-0.1, -0.05) is 32.0 Å². The van der Waals surface area contributed by atoms with E-state index in [1.165, 1.54) is 5.56 Å². The highest BCUT2D eigenvalue weighted by atomic mass is 16.2. The fourth-order valence-electron chi connectivity index (χ4n) is 2.85. The summed E-state index contributed by atoms with van der Waals surface area (Å²) in [6.07, 6.45) is 0.878. The van der Waals surface area contributed by atoms with Crippen LogP contribution in [0.25, 0.3) is 0 Å². The molecule has 120 valence electrons. The van der Waals surface area contributed by atoms with E-state index in [2.05, 4.69) is 42.4 Å². The van der Waals surface area contributed by atoms with Gasteiger partial charge in [0, 0.05) is 18.3 Å². The van der Waals surface area contributed by atoms with Crippen LogP contribution in [0, 0.1) is 5.92 Å². The Hall–Kier alpha value is -2.43. The summed E-state index contributed by atoms with van der Waals surface area (Å²) in [6.45, 7) is 7.15. The number of benzene rings is 1. The summed E-state index contributed by atoms with van der Waals surface area (Å²) in [4.78, 5) is 14.6. The normalized spacial score (nSPS) is 16.5. The van der Waals surface area contributed by atoms with Crippen LogP contribution in [0.5, 0.6) is 0 Å². The van der Waals surface area contributed by atoms with Crippen LogP contribution in [-0.2, 0) is 6.42 Å². The molecule has 2 aromatic rings. The molecular weight excluding hydrogens is 288 g/mol. The van der Waals surface area contributed by atoms with Crippen LogP contribution in [-0.4, -0.2) is 28.7 Å². The molecule has 1 amide bonds. The number of rotatable bonds is 4. The summed E-state index contributed by atoms with van der Waals surface area (Å²) < 4.78 is 0. The Morgan fingerprint density at radius 2 is 2.04 bits per heavy atom. The van der Waals surface area contributed by atoms with Crippen molar-refractivity contribution < 1.29 is 4.79 Å². The number of fused-ring (bicyclic) bond motifs is 1. The van der Waals surface area contributed by atoms with E-state index in [4.69, 9.17) is 0 Å². The average Bonchev–Trinajstić information content (AvgIpc) is 2.88. The minimum atomic E-state index is -0.0923. The molecule has 1 aromatic carbocycles. The molecule has 0 spiro atoms. The van der Waals surface area contributed by atoms with Crippen molar-refractivity contribution in [2.75, 3.05) is 16.8 Å². The number of carbonyl (C=O) groups is 1. The molecule has 1 unspecified atom stereocenters. The quantitative estimate of drug-likeness (QED) is 0.942. The second-order valence-corrected chi connectivity index (χ2v) is 6.44.